The molecule has 0 unspecified atom stereocenters. The molecule has 1 rings (SSSR count). The van der Waals surface area contributed by atoms with Crippen molar-refractivity contribution in [1.29, 1.82) is 0 Å². The molecular formula is C10H21NO2. The van der Waals surface area contributed by atoms with Crippen LogP contribution in [0.4, 0.5) is 0 Å². The first kappa shape index (κ1) is 11.0. The molecule has 78 valence electrons. The van der Waals surface area contributed by atoms with Crippen LogP contribution in [-0.2, 0) is 0 Å². The molecular weight excluding hydrogens is 166 g/mol. The zero-order valence-electron chi connectivity index (χ0n) is 8.45. The van der Waals surface area contributed by atoms with E-state index in [2.05, 4.69) is 0 Å². The average Bonchev–Trinajstić information content (AvgIpc) is 2.04. The zero-order valence-corrected chi connectivity index (χ0v) is 8.45. The molecule has 2 N–H and O–H groups in total. The Hall–Kier alpha value is -0.120. The Labute approximate surface area is 80.4 Å². The molecule has 1 aliphatic carbocycles. The van der Waals surface area contributed by atoms with Crippen molar-refractivity contribution in [3.63, 3.8) is 0 Å². The van der Waals surface area contributed by atoms with Crippen LogP contribution in [0.15, 0.2) is 0 Å². The normalized spacial score (nSPS) is 20.1. The summed E-state index contributed by atoms with van der Waals surface area (Å²) in [6, 6.07) is 0. The number of aliphatic hydroxyl groups excluding tert-OH is 1. The lowest BCUT2D eigenvalue weighted by molar-refractivity contribution is -0.0594. The Morgan fingerprint density at radius 2 is 1.85 bits per heavy atom. The van der Waals surface area contributed by atoms with Crippen LogP contribution >= 0.6 is 0 Å². The molecule has 3 heteroatoms. The largest absolute Gasteiger partial charge is 0.367 e. The number of hydrogen-bond acceptors (Lipinski definition) is 3. The summed E-state index contributed by atoms with van der Waals surface area (Å²) in [5.41, 5.74) is 0. The van der Waals surface area contributed by atoms with E-state index < -0.39 is 6.29 Å². The summed E-state index contributed by atoms with van der Waals surface area (Å²) in [6.07, 6.45) is 5.51. The molecule has 0 bridgehead atoms. The molecule has 1 aliphatic rings. The minimum Gasteiger partial charge on any atom is -0.367 e. The van der Waals surface area contributed by atoms with Crippen molar-refractivity contribution < 1.29 is 10.2 Å². The van der Waals surface area contributed by atoms with Gasteiger partial charge >= 0.3 is 0 Å². The van der Waals surface area contributed by atoms with Crippen molar-refractivity contribution in [3.8, 4) is 0 Å². The lowest BCUT2D eigenvalue weighted by Crippen LogP contribution is -2.33. The zero-order chi connectivity index (χ0) is 9.68. The molecule has 1 saturated carbocycles. The topological polar surface area (TPSA) is 43.7 Å². The second-order valence-electron chi connectivity index (χ2n) is 4.21. The van der Waals surface area contributed by atoms with Gasteiger partial charge < -0.3 is 15.1 Å². The van der Waals surface area contributed by atoms with Gasteiger partial charge in [-0.05, 0) is 25.8 Å². The Morgan fingerprint density at radius 3 is 2.38 bits per heavy atom. The first-order valence-corrected chi connectivity index (χ1v) is 5.23. The molecule has 0 aromatic heterocycles. The molecule has 0 spiro atoms. The molecule has 0 aliphatic heterocycles. The van der Waals surface area contributed by atoms with E-state index in [1.807, 2.05) is 11.9 Å². The quantitative estimate of drug-likeness (QED) is 0.640. The third-order valence-corrected chi connectivity index (χ3v) is 2.77. The molecule has 0 amide bonds. The summed E-state index contributed by atoms with van der Waals surface area (Å²) >= 11 is 0. The van der Waals surface area contributed by atoms with E-state index in [1.54, 1.807) is 0 Å². The van der Waals surface area contributed by atoms with Gasteiger partial charge in [0, 0.05) is 13.1 Å². The summed E-state index contributed by atoms with van der Waals surface area (Å²) in [7, 11) is 1.95. The predicted octanol–water partition coefficient (Wildman–Crippen LogP) is 0.809. The minimum atomic E-state index is -1.19. The summed E-state index contributed by atoms with van der Waals surface area (Å²) in [4.78, 5) is 2.01. The summed E-state index contributed by atoms with van der Waals surface area (Å²) in [5, 5.41) is 17.5. The van der Waals surface area contributed by atoms with Crippen molar-refractivity contribution in [2.24, 2.45) is 5.92 Å². The number of rotatable bonds is 4. The molecule has 3 nitrogen and oxygen atoms in total. The van der Waals surface area contributed by atoms with Crippen LogP contribution in [0.3, 0.4) is 0 Å². The summed E-state index contributed by atoms with van der Waals surface area (Å²) in [6.45, 7) is 1.38. The lowest BCUT2D eigenvalue weighted by atomic mass is 9.89. The van der Waals surface area contributed by atoms with Crippen LogP contribution in [0.5, 0.6) is 0 Å². The van der Waals surface area contributed by atoms with Crippen molar-refractivity contribution in [2.45, 2.75) is 38.4 Å². The van der Waals surface area contributed by atoms with Gasteiger partial charge in [0.05, 0.1) is 0 Å². The molecule has 1 fully saturated rings. The maximum Gasteiger partial charge on any atom is 0.164 e. The molecule has 13 heavy (non-hydrogen) atoms. The fourth-order valence-corrected chi connectivity index (χ4v) is 2.16. The average molecular weight is 187 g/mol. The highest BCUT2D eigenvalue weighted by Gasteiger charge is 2.15. The second-order valence-corrected chi connectivity index (χ2v) is 4.21. The second kappa shape index (κ2) is 5.58. The smallest absolute Gasteiger partial charge is 0.164 e. The Balaban J connectivity index is 2.14. The predicted molar refractivity (Wildman–Crippen MR) is 52.3 cm³/mol. The van der Waals surface area contributed by atoms with Crippen molar-refractivity contribution in [1.82, 2.24) is 4.90 Å². The van der Waals surface area contributed by atoms with Crippen LogP contribution in [-0.4, -0.2) is 41.5 Å². The van der Waals surface area contributed by atoms with Gasteiger partial charge in [0.1, 0.15) is 0 Å². The van der Waals surface area contributed by atoms with Crippen molar-refractivity contribution in [3.05, 3.63) is 0 Å². The van der Waals surface area contributed by atoms with E-state index in [-0.39, 0.29) is 0 Å². The summed E-state index contributed by atoms with van der Waals surface area (Å²) in [5.74, 6) is 0.775. The third kappa shape index (κ3) is 4.60. The van der Waals surface area contributed by atoms with E-state index >= 15 is 0 Å². The fraction of sp³-hybridized carbons (Fsp3) is 1.00. The third-order valence-electron chi connectivity index (χ3n) is 2.77. The lowest BCUT2D eigenvalue weighted by Gasteiger charge is -2.27. The standard InChI is InChI=1S/C10H21NO2/c1-11(8-10(12)13)7-9-5-3-2-4-6-9/h9-10,12-13H,2-8H2,1H3. The van der Waals surface area contributed by atoms with Gasteiger partial charge in [0.2, 0.25) is 0 Å². The maximum atomic E-state index is 8.77. The van der Waals surface area contributed by atoms with Crippen molar-refractivity contribution in [2.75, 3.05) is 20.1 Å². The van der Waals surface area contributed by atoms with E-state index in [1.165, 1.54) is 32.1 Å². The maximum absolute atomic E-state index is 8.77. The number of likely N-dealkylation sites (N-methyl/N-ethyl adjacent to an activating group) is 1. The monoisotopic (exact) mass is 187 g/mol. The first-order valence-electron chi connectivity index (χ1n) is 5.23. The van der Waals surface area contributed by atoms with Crippen LogP contribution in [0, 0.1) is 5.92 Å². The highest BCUT2D eigenvalue weighted by atomic mass is 16.5. The molecule has 0 radical (unpaired) electrons. The van der Waals surface area contributed by atoms with E-state index in [9.17, 15) is 0 Å². The Kier molecular flexibility index (Phi) is 4.70. The number of aliphatic hydroxyl groups is 2. The first-order chi connectivity index (χ1) is 6.18. The molecule has 0 atom stereocenters. The molecule has 0 aromatic carbocycles. The van der Waals surface area contributed by atoms with E-state index in [0.717, 1.165) is 12.5 Å². The number of nitrogens with zero attached hydrogens (tertiary/aromatic N) is 1. The van der Waals surface area contributed by atoms with Crippen LogP contribution < -0.4 is 0 Å². The van der Waals surface area contributed by atoms with Gasteiger partial charge in [-0.2, -0.15) is 0 Å². The van der Waals surface area contributed by atoms with Gasteiger partial charge in [0.15, 0.2) is 6.29 Å². The Bertz CT molecular complexity index is 133. The van der Waals surface area contributed by atoms with Gasteiger partial charge in [-0.1, -0.05) is 19.3 Å². The molecule has 0 heterocycles. The van der Waals surface area contributed by atoms with Gasteiger partial charge in [-0.15, -0.1) is 0 Å². The number of hydrogen-bond donors (Lipinski definition) is 2. The van der Waals surface area contributed by atoms with Gasteiger partial charge in [0.25, 0.3) is 0 Å². The van der Waals surface area contributed by atoms with Gasteiger partial charge in [-0.3, -0.25) is 0 Å². The summed E-state index contributed by atoms with van der Waals surface area (Å²) < 4.78 is 0. The SMILES string of the molecule is CN(CC(O)O)CC1CCCCC1. The van der Waals surface area contributed by atoms with Gasteiger partial charge in [-0.25, -0.2) is 0 Å². The minimum absolute atomic E-state index is 0.372. The fourth-order valence-electron chi connectivity index (χ4n) is 2.16. The van der Waals surface area contributed by atoms with Crippen LogP contribution in [0.1, 0.15) is 32.1 Å². The van der Waals surface area contributed by atoms with E-state index in [4.69, 9.17) is 10.2 Å². The highest BCUT2D eigenvalue weighted by molar-refractivity contribution is 4.69. The molecule has 0 aromatic rings. The van der Waals surface area contributed by atoms with Crippen LogP contribution in [0.2, 0.25) is 0 Å². The van der Waals surface area contributed by atoms with E-state index in [0.29, 0.717) is 6.54 Å². The molecule has 0 saturated heterocycles. The van der Waals surface area contributed by atoms with Crippen molar-refractivity contribution >= 4 is 0 Å². The highest BCUT2D eigenvalue weighted by Crippen LogP contribution is 2.23. The van der Waals surface area contributed by atoms with Crippen LogP contribution in [0.25, 0.3) is 0 Å². The Morgan fingerprint density at radius 1 is 1.23 bits per heavy atom.